The summed E-state index contributed by atoms with van der Waals surface area (Å²) in [4.78, 5) is 2.39. The Hall–Kier alpha value is -1.24. The van der Waals surface area contributed by atoms with Crippen LogP contribution in [-0.2, 0) is 13.1 Å². The fourth-order valence-electron chi connectivity index (χ4n) is 2.53. The largest absolute Gasteiger partial charge is 0.324 e. The fourth-order valence-corrected chi connectivity index (χ4v) is 2.95. The molecule has 3 rings (SSSR count). The summed E-state index contributed by atoms with van der Waals surface area (Å²) in [5.41, 5.74) is 7.46. The minimum absolute atomic E-state index is 0.0762. The van der Waals surface area contributed by atoms with E-state index in [0.29, 0.717) is 0 Å². The minimum atomic E-state index is 0.0762. The van der Waals surface area contributed by atoms with Crippen molar-refractivity contribution in [3.63, 3.8) is 0 Å². The summed E-state index contributed by atoms with van der Waals surface area (Å²) in [6.45, 7) is 3.86. The van der Waals surface area contributed by atoms with Crippen molar-refractivity contribution in [1.82, 2.24) is 19.7 Å². The third-order valence-corrected chi connectivity index (χ3v) is 4.24. The molecule has 0 saturated carbocycles. The summed E-state index contributed by atoms with van der Waals surface area (Å²) in [5, 5.41) is 8.08. The SMILES string of the molecule is NC(CCN1CCn2cnnc2C1)c1cccc(Br)c1. The average Bonchev–Trinajstić information content (AvgIpc) is 2.92. The molecule has 5 nitrogen and oxygen atoms in total. The fraction of sp³-hybridized carbons (Fsp3) is 0.429. The Morgan fingerprint density at radius 2 is 2.25 bits per heavy atom. The van der Waals surface area contributed by atoms with Gasteiger partial charge in [0.1, 0.15) is 12.2 Å². The molecule has 20 heavy (non-hydrogen) atoms. The van der Waals surface area contributed by atoms with Gasteiger partial charge < -0.3 is 10.3 Å². The Balaban J connectivity index is 1.55. The molecule has 1 unspecified atom stereocenters. The van der Waals surface area contributed by atoms with Crippen LogP contribution in [0.25, 0.3) is 0 Å². The molecule has 0 radical (unpaired) electrons. The summed E-state index contributed by atoms with van der Waals surface area (Å²) in [5.74, 6) is 1.05. The molecule has 1 aromatic heterocycles. The number of nitrogens with two attached hydrogens (primary N) is 1. The van der Waals surface area contributed by atoms with Gasteiger partial charge in [0.25, 0.3) is 0 Å². The monoisotopic (exact) mass is 335 g/mol. The maximum atomic E-state index is 6.28. The van der Waals surface area contributed by atoms with Gasteiger partial charge in [-0.2, -0.15) is 0 Å². The highest BCUT2D eigenvalue weighted by atomic mass is 79.9. The van der Waals surface area contributed by atoms with Crippen LogP contribution < -0.4 is 5.73 Å². The maximum Gasteiger partial charge on any atom is 0.147 e. The van der Waals surface area contributed by atoms with Gasteiger partial charge in [0.15, 0.2) is 0 Å². The number of nitrogens with zero attached hydrogens (tertiary/aromatic N) is 4. The van der Waals surface area contributed by atoms with Gasteiger partial charge >= 0.3 is 0 Å². The number of rotatable bonds is 4. The van der Waals surface area contributed by atoms with Crippen molar-refractivity contribution in [2.75, 3.05) is 13.1 Å². The lowest BCUT2D eigenvalue weighted by atomic mass is 10.0. The lowest BCUT2D eigenvalue weighted by molar-refractivity contribution is 0.210. The first-order chi connectivity index (χ1) is 9.72. The van der Waals surface area contributed by atoms with Gasteiger partial charge in [-0.25, -0.2) is 0 Å². The van der Waals surface area contributed by atoms with Gasteiger partial charge in [0, 0.05) is 30.1 Å². The summed E-state index contributed by atoms with van der Waals surface area (Å²) < 4.78 is 3.20. The second kappa shape index (κ2) is 6.03. The van der Waals surface area contributed by atoms with E-state index in [2.05, 4.69) is 47.7 Å². The molecule has 106 valence electrons. The van der Waals surface area contributed by atoms with E-state index in [1.54, 1.807) is 6.33 Å². The highest BCUT2D eigenvalue weighted by molar-refractivity contribution is 9.10. The van der Waals surface area contributed by atoms with Crippen LogP contribution in [0.3, 0.4) is 0 Å². The zero-order valence-electron chi connectivity index (χ0n) is 11.2. The smallest absolute Gasteiger partial charge is 0.147 e. The lowest BCUT2D eigenvalue weighted by Crippen LogP contribution is -2.35. The van der Waals surface area contributed by atoms with E-state index in [0.717, 1.165) is 42.9 Å². The zero-order chi connectivity index (χ0) is 13.9. The van der Waals surface area contributed by atoms with Gasteiger partial charge in [0.2, 0.25) is 0 Å². The van der Waals surface area contributed by atoms with Crippen molar-refractivity contribution in [1.29, 1.82) is 0 Å². The molecule has 2 N–H and O–H groups in total. The molecule has 0 amide bonds. The number of hydrogen-bond donors (Lipinski definition) is 1. The number of aromatic nitrogens is 3. The third-order valence-electron chi connectivity index (χ3n) is 3.75. The van der Waals surface area contributed by atoms with Crippen molar-refractivity contribution < 1.29 is 0 Å². The molecule has 0 spiro atoms. The minimum Gasteiger partial charge on any atom is -0.324 e. The van der Waals surface area contributed by atoms with Crippen LogP contribution in [0.5, 0.6) is 0 Å². The van der Waals surface area contributed by atoms with Crippen molar-refractivity contribution in [3.05, 3.63) is 46.5 Å². The molecule has 0 aliphatic carbocycles. The molecule has 1 aliphatic rings. The predicted octanol–water partition coefficient (Wildman–Crippen LogP) is 1.95. The Morgan fingerprint density at radius 3 is 3.10 bits per heavy atom. The van der Waals surface area contributed by atoms with Crippen LogP contribution in [0.1, 0.15) is 23.9 Å². The highest BCUT2D eigenvalue weighted by Crippen LogP contribution is 2.20. The van der Waals surface area contributed by atoms with E-state index in [-0.39, 0.29) is 6.04 Å². The highest BCUT2D eigenvalue weighted by Gasteiger charge is 2.18. The van der Waals surface area contributed by atoms with Gasteiger partial charge in [0.05, 0.1) is 6.54 Å². The van der Waals surface area contributed by atoms with Crippen LogP contribution in [0.15, 0.2) is 35.1 Å². The molecule has 2 heterocycles. The van der Waals surface area contributed by atoms with Crippen molar-refractivity contribution in [3.8, 4) is 0 Å². The second-order valence-corrected chi connectivity index (χ2v) is 6.08. The van der Waals surface area contributed by atoms with E-state index in [1.165, 1.54) is 5.56 Å². The van der Waals surface area contributed by atoms with E-state index >= 15 is 0 Å². The van der Waals surface area contributed by atoms with Crippen LogP contribution in [0.4, 0.5) is 0 Å². The third kappa shape index (κ3) is 3.08. The van der Waals surface area contributed by atoms with E-state index in [4.69, 9.17) is 5.73 Å². The molecular formula is C14H18BrN5. The normalized spacial score (nSPS) is 16.9. The first-order valence-corrected chi connectivity index (χ1v) is 7.62. The molecule has 2 aromatic rings. The average molecular weight is 336 g/mol. The predicted molar refractivity (Wildman–Crippen MR) is 81.0 cm³/mol. The van der Waals surface area contributed by atoms with Crippen LogP contribution in [0, 0.1) is 0 Å². The van der Waals surface area contributed by atoms with Crippen molar-refractivity contribution in [2.24, 2.45) is 5.73 Å². The van der Waals surface area contributed by atoms with Crippen molar-refractivity contribution in [2.45, 2.75) is 25.6 Å². The zero-order valence-corrected chi connectivity index (χ0v) is 12.8. The lowest BCUT2D eigenvalue weighted by Gasteiger charge is -2.27. The van der Waals surface area contributed by atoms with Gasteiger partial charge in [-0.05, 0) is 24.1 Å². The number of halogens is 1. The van der Waals surface area contributed by atoms with Crippen molar-refractivity contribution >= 4 is 15.9 Å². The topological polar surface area (TPSA) is 60.0 Å². The van der Waals surface area contributed by atoms with Gasteiger partial charge in [-0.1, -0.05) is 28.1 Å². The van der Waals surface area contributed by atoms with Gasteiger partial charge in [-0.15, -0.1) is 10.2 Å². The summed E-state index contributed by atoms with van der Waals surface area (Å²) in [7, 11) is 0. The van der Waals surface area contributed by atoms with Gasteiger partial charge in [-0.3, -0.25) is 4.90 Å². The van der Waals surface area contributed by atoms with E-state index in [9.17, 15) is 0 Å². The second-order valence-electron chi connectivity index (χ2n) is 5.17. The quantitative estimate of drug-likeness (QED) is 0.927. The molecule has 1 aliphatic heterocycles. The number of hydrogen-bond acceptors (Lipinski definition) is 4. The van der Waals surface area contributed by atoms with E-state index < -0.39 is 0 Å². The van der Waals surface area contributed by atoms with Crippen LogP contribution >= 0.6 is 15.9 Å². The maximum absolute atomic E-state index is 6.28. The molecule has 0 bridgehead atoms. The molecule has 1 aromatic carbocycles. The summed E-state index contributed by atoms with van der Waals surface area (Å²) >= 11 is 3.49. The molecule has 0 saturated heterocycles. The Bertz CT molecular complexity index is 582. The summed E-state index contributed by atoms with van der Waals surface area (Å²) in [6.07, 6.45) is 2.75. The van der Waals surface area contributed by atoms with Crippen LogP contribution in [0.2, 0.25) is 0 Å². The Kier molecular flexibility index (Phi) is 4.14. The molecular weight excluding hydrogens is 318 g/mol. The molecule has 0 fully saturated rings. The Labute approximate surface area is 126 Å². The summed E-state index contributed by atoms with van der Waals surface area (Å²) in [6, 6.07) is 8.31. The standard InChI is InChI=1S/C14H18BrN5/c15-12-3-1-2-11(8-12)13(16)4-5-19-6-7-20-10-17-18-14(20)9-19/h1-3,8,10,13H,4-7,9,16H2. The number of fused-ring (bicyclic) bond motifs is 1. The first kappa shape index (κ1) is 13.7. The van der Waals surface area contributed by atoms with Crippen LogP contribution in [-0.4, -0.2) is 32.8 Å². The molecule has 1 atom stereocenters. The van der Waals surface area contributed by atoms with E-state index in [1.807, 2.05) is 12.1 Å². The first-order valence-electron chi connectivity index (χ1n) is 6.82. The number of benzene rings is 1. The molecule has 6 heteroatoms. The Morgan fingerprint density at radius 1 is 1.35 bits per heavy atom.